The normalized spacial score (nSPS) is 14.4. The van der Waals surface area contributed by atoms with Crippen LogP contribution in [0.1, 0.15) is 59.0 Å². The molecule has 42 heavy (non-hydrogen) atoms. The van der Waals surface area contributed by atoms with Crippen molar-refractivity contribution in [1.29, 1.82) is 0 Å². The van der Waals surface area contributed by atoms with Crippen LogP contribution in [0.3, 0.4) is 0 Å². The highest BCUT2D eigenvalue weighted by Crippen LogP contribution is 2.35. The lowest BCUT2D eigenvalue weighted by molar-refractivity contribution is -0.128. The number of benzene rings is 3. The maximum absolute atomic E-state index is 14.1. The molecular formula is C31H32Cl2F2N4O3. The quantitative estimate of drug-likeness (QED) is 0.259. The number of anilines is 3. The van der Waals surface area contributed by atoms with Gasteiger partial charge in [-0.3, -0.25) is 14.4 Å². The van der Waals surface area contributed by atoms with E-state index in [9.17, 15) is 23.2 Å². The fourth-order valence-corrected chi connectivity index (χ4v) is 5.03. The van der Waals surface area contributed by atoms with Crippen molar-refractivity contribution in [3.05, 3.63) is 86.9 Å². The van der Waals surface area contributed by atoms with Crippen molar-refractivity contribution in [2.75, 3.05) is 28.6 Å². The number of rotatable bonds is 7. The second kappa shape index (κ2) is 12.3. The van der Waals surface area contributed by atoms with Gasteiger partial charge < -0.3 is 20.9 Å². The Bertz CT molecular complexity index is 1520. The van der Waals surface area contributed by atoms with Crippen LogP contribution in [-0.4, -0.2) is 36.7 Å². The summed E-state index contributed by atoms with van der Waals surface area (Å²) in [5.41, 5.74) is 2.09. The lowest BCUT2D eigenvalue weighted by Gasteiger charge is -2.22. The van der Waals surface area contributed by atoms with Crippen molar-refractivity contribution >= 4 is 58.0 Å². The number of nitrogens with zero attached hydrogens (tertiary/aromatic N) is 1. The molecule has 0 unspecified atom stereocenters. The molecule has 7 nitrogen and oxygen atoms in total. The standard InChI is InChI=1S/C31H32Cl2F2N4O3/c1-18-5-8-20(9-6-18)37-27(40)22-15-21(10-12-24(22)39-14-13-31(34,35)17-39)38-28(41)25-23(32)11-7-19(26(25)33)16-36-29(42)30(2,3)4/h5-12,15H,13-14,16-17H2,1-4H3,(H,36,42)(H,37,40)(H,38,41). The van der Waals surface area contributed by atoms with E-state index in [1.165, 1.54) is 29.2 Å². The van der Waals surface area contributed by atoms with Crippen LogP contribution in [0.5, 0.6) is 0 Å². The van der Waals surface area contributed by atoms with Crippen molar-refractivity contribution < 1.29 is 23.2 Å². The number of carbonyl (C=O) groups excluding carboxylic acids is 3. The van der Waals surface area contributed by atoms with Gasteiger partial charge >= 0.3 is 0 Å². The third-order valence-corrected chi connectivity index (χ3v) is 7.58. The smallest absolute Gasteiger partial charge is 0.266 e. The summed E-state index contributed by atoms with van der Waals surface area (Å²) in [5, 5.41) is 8.48. The van der Waals surface area contributed by atoms with Crippen molar-refractivity contribution in [2.24, 2.45) is 5.41 Å². The van der Waals surface area contributed by atoms with Gasteiger partial charge in [0.05, 0.1) is 27.7 Å². The Balaban J connectivity index is 1.61. The number of aryl methyl sites for hydroxylation is 1. The zero-order chi connectivity index (χ0) is 30.8. The van der Waals surface area contributed by atoms with Gasteiger partial charge in [-0.05, 0) is 48.9 Å². The molecular weight excluding hydrogens is 585 g/mol. The maximum Gasteiger partial charge on any atom is 0.266 e. The molecule has 1 heterocycles. The molecule has 0 saturated carbocycles. The Morgan fingerprint density at radius 1 is 0.929 bits per heavy atom. The molecule has 0 aliphatic carbocycles. The number of hydrogen-bond donors (Lipinski definition) is 3. The van der Waals surface area contributed by atoms with Crippen LogP contribution in [-0.2, 0) is 11.3 Å². The molecule has 11 heteroatoms. The molecule has 3 aromatic carbocycles. The van der Waals surface area contributed by atoms with E-state index >= 15 is 0 Å². The summed E-state index contributed by atoms with van der Waals surface area (Å²) in [5.74, 6) is -4.22. The third-order valence-electron chi connectivity index (χ3n) is 6.84. The lowest BCUT2D eigenvalue weighted by atomic mass is 9.95. The van der Waals surface area contributed by atoms with Crippen LogP contribution in [0, 0.1) is 12.3 Å². The second-order valence-electron chi connectivity index (χ2n) is 11.4. The number of amides is 3. The van der Waals surface area contributed by atoms with Gasteiger partial charge in [-0.15, -0.1) is 0 Å². The molecule has 0 aromatic heterocycles. The van der Waals surface area contributed by atoms with Crippen LogP contribution in [0.15, 0.2) is 54.6 Å². The SMILES string of the molecule is Cc1ccc(NC(=O)c2cc(NC(=O)c3c(Cl)ccc(CNC(=O)C(C)(C)C)c3Cl)ccc2N2CCC(F)(F)C2)cc1. The second-order valence-corrected chi connectivity index (χ2v) is 12.1. The summed E-state index contributed by atoms with van der Waals surface area (Å²) in [7, 11) is 0. The highest BCUT2D eigenvalue weighted by atomic mass is 35.5. The molecule has 1 fully saturated rings. The van der Waals surface area contributed by atoms with E-state index in [-0.39, 0.29) is 52.3 Å². The Morgan fingerprint density at radius 2 is 1.57 bits per heavy atom. The molecule has 4 rings (SSSR count). The minimum Gasteiger partial charge on any atom is -0.365 e. The number of nitrogens with one attached hydrogen (secondary N) is 3. The van der Waals surface area contributed by atoms with E-state index in [1.54, 1.807) is 39.0 Å². The van der Waals surface area contributed by atoms with Gasteiger partial charge in [0, 0.05) is 42.0 Å². The van der Waals surface area contributed by atoms with E-state index < -0.39 is 29.7 Å². The van der Waals surface area contributed by atoms with Gasteiger partial charge in [-0.25, -0.2) is 8.78 Å². The first-order valence-electron chi connectivity index (χ1n) is 13.4. The number of halogens is 4. The highest BCUT2D eigenvalue weighted by molar-refractivity contribution is 6.40. The number of alkyl halides is 2. The molecule has 0 atom stereocenters. The molecule has 222 valence electrons. The van der Waals surface area contributed by atoms with Crippen LogP contribution < -0.4 is 20.9 Å². The maximum atomic E-state index is 14.1. The molecule has 3 amide bonds. The molecule has 1 aliphatic heterocycles. The van der Waals surface area contributed by atoms with Crippen LogP contribution >= 0.6 is 23.2 Å². The molecule has 1 saturated heterocycles. The monoisotopic (exact) mass is 616 g/mol. The third kappa shape index (κ3) is 7.38. The molecule has 3 aromatic rings. The van der Waals surface area contributed by atoms with E-state index in [1.807, 2.05) is 19.1 Å². The summed E-state index contributed by atoms with van der Waals surface area (Å²) in [4.78, 5) is 40.5. The predicted molar refractivity (Wildman–Crippen MR) is 163 cm³/mol. The zero-order valence-corrected chi connectivity index (χ0v) is 25.2. The first-order valence-corrected chi connectivity index (χ1v) is 14.1. The fourth-order valence-electron chi connectivity index (χ4n) is 4.42. The van der Waals surface area contributed by atoms with Crippen LogP contribution in [0.4, 0.5) is 25.8 Å². The minimum atomic E-state index is -2.87. The lowest BCUT2D eigenvalue weighted by Crippen LogP contribution is -2.34. The molecule has 3 N–H and O–H groups in total. The number of hydrogen-bond acceptors (Lipinski definition) is 4. The first kappa shape index (κ1) is 31.3. The van der Waals surface area contributed by atoms with Crippen LogP contribution in [0.25, 0.3) is 0 Å². The fraction of sp³-hybridized carbons (Fsp3) is 0.323. The molecule has 0 radical (unpaired) electrons. The largest absolute Gasteiger partial charge is 0.365 e. The van der Waals surface area contributed by atoms with Gasteiger partial charge in [0.2, 0.25) is 5.91 Å². The van der Waals surface area contributed by atoms with E-state index in [4.69, 9.17) is 23.2 Å². The average Bonchev–Trinajstić information content (AvgIpc) is 3.28. The highest BCUT2D eigenvalue weighted by Gasteiger charge is 2.39. The van der Waals surface area contributed by atoms with E-state index in [0.29, 0.717) is 16.9 Å². The first-order chi connectivity index (χ1) is 19.6. The zero-order valence-electron chi connectivity index (χ0n) is 23.7. The van der Waals surface area contributed by atoms with E-state index in [2.05, 4.69) is 16.0 Å². The summed E-state index contributed by atoms with van der Waals surface area (Å²) in [6.07, 6.45) is -0.325. The molecule has 1 aliphatic rings. The van der Waals surface area contributed by atoms with Crippen LogP contribution in [0.2, 0.25) is 10.0 Å². The Hall–Kier alpha value is -3.69. The van der Waals surface area contributed by atoms with Crippen molar-refractivity contribution in [1.82, 2.24) is 5.32 Å². The summed E-state index contributed by atoms with van der Waals surface area (Å²) >= 11 is 12.9. The van der Waals surface area contributed by atoms with Crippen molar-refractivity contribution in [3.8, 4) is 0 Å². The number of carbonyl (C=O) groups is 3. The predicted octanol–water partition coefficient (Wildman–Crippen LogP) is 7.31. The Kier molecular flexibility index (Phi) is 9.13. The minimum absolute atomic E-state index is 0.00485. The average molecular weight is 618 g/mol. The summed E-state index contributed by atoms with van der Waals surface area (Å²) in [6, 6.07) is 14.8. The Labute approximate surface area is 253 Å². The van der Waals surface area contributed by atoms with Gasteiger partial charge in [-0.1, -0.05) is 67.7 Å². The van der Waals surface area contributed by atoms with Gasteiger partial charge in [0.1, 0.15) is 0 Å². The molecule has 0 bridgehead atoms. The van der Waals surface area contributed by atoms with Crippen molar-refractivity contribution in [3.63, 3.8) is 0 Å². The Morgan fingerprint density at radius 3 is 2.19 bits per heavy atom. The van der Waals surface area contributed by atoms with Gasteiger partial charge in [-0.2, -0.15) is 0 Å². The summed E-state index contributed by atoms with van der Waals surface area (Å²) in [6.45, 7) is 6.90. The van der Waals surface area contributed by atoms with Gasteiger partial charge in [0.15, 0.2) is 0 Å². The van der Waals surface area contributed by atoms with Crippen molar-refractivity contribution in [2.45, 2.75) is 46.6 Å². The van der Waals surface area contributed by atoms with E-state index in [0.717, 1.165) is 5.56 Å². The van der Waals surface area contributed by atoms with Gasteiger partial charge in [0.25, 0.3) is 17.7 Å². The topological polar surface area (TPSA) is 90.5 Å². The molecule has 0 spiro atoms. The summed E-state index contributed by atoms with van der Waals surface area (Å²) < 4.78 is 28.1.